The molecule has 1 unspecified atom stereocenters. The third-order valence-corrected chi connectivity index (χ3v) is 6.18. The van der Waals surface area contributed by atoms with Crippen LogP contribution in [0.3, 0.4) is 0 Å². The molecular weight excluding hydrogens is 440 g/mol. The summed E-state index contributed by atoms with van der Waals surface area (Å²) in [5.74, 6) is 3.01. The number of fused-ring (bicyclic) bond motifs is 2. The molecular formula is C28H28N4O3. The molecule has 5 aromatic rings. The fourth-order valence-corrected chi connectivity index (χ4v) is 4.22. The van der Waals surface area contributed by atoms with Gasteiger partial charge in [0.2, 0.25) is 0 Å². The van der Waals surface area contributed by atoms with Crippen LogP contribution >= 0.6 is 0 Å². The lowest BCUT2D eigenvalue weighted by Crippen LogP contribution is -2.20. The lowest BCUT2D eigenvalue weighted by Gasteiger charge is -2.16. The van der Waals surface area contributed by atoms with E-state index in [0.29, 0.717) is 18.0 Å². The van der Waals surface area contributed by atoms with Crippen LogP contribution in [0.5, 0.6) is 17.2 Å². The van der Waals surface area contributed by atoms with Gasteiger partial charge >= 0.3 is 0 Å². The molecule has 0 spiro atoms. The third kappa shape index (κ3) is 4.50. The molecule has 2 N–H and O–H groups in total. The summed E-state index contributed by atoms with van der Waals surface area (Å²) in [4.78, 5) is 13.2. The Hall–Kier alpha value is -4.10. The molecule has 3 aromatic carbocycles. The maximum atomic E-state index is 5.55. The number of para-hydroxylation sites is 2. The minimum absolute atomic E-state index is 0.0206. The fourth-order valence-electron chi connectivity index (χ4n) is 4.22. The zero-order valence-electron chi connectivity index (χ0n) is 20.3. The van der Waals surface area contributed by atoms with Gasteiger partial charge in [-0.15, -0.1) is 0 Å². The first kappa shape index (κ1) is 22.7. The predicted octanol–water partition coefficient (Wildman–Crippen LogP) is 5.65. The number of nitrogens with zero attached hydrogens (tertiary/aromatic N) is 2. The highest BCUT2D eigenvalue weighted by molar-refractivity contribution is 5.85. The summed E-state index contributed by atoms with van der Waals surface area (Å²) in [7, 11) is 4.93. The number of benzene rings is 3. The Bertz CT molecular complexity index is 1460. The predicted molar refractivity (Wildman–Crippen MR) is 138 cm³/mol. The van der Waals surface area contributed by atoms with Gasteiger partial charge in [0.15, 0.2) is 11.5 Å². The normalized spacial score (nSPS) is 12.1. The molecule has 0 aliphatic heterocycles. The SMILES string of the molecule is COc1ccc2cc(CNC(C)c3nc4ccccc4[nH]3)c(-c3ccc(OC)c(OC)c3)nc2c1. The summed E-state index contributed by atoms with van der Waals surface area (Å²) in [6, 6.07) is 22.0. The van der Waals surface area contributed by atoms with Crippen LogP contribution in [-0.2, 0) is 6.54 Å². The van der Waals surface area contributed by atoms with E-state index < -0.39 is 0 Å². The Kier molecular flexibility index (Phi) is 6.25. The van der Waals surface area contributed by atoms with E-state index in [-0.39, 0.29) is 6.04 Å². The number of imidazole rings is 1. The topological polar surface area (TPSA) is 81.3 Å². The highest BCUT2D eigenvalue weighted by Gasteiger charge is 2.16. The molecule has 35 heavy (non-hydrogen) atoms. The van der Waals surface area contributed by atoms with Crippen LogP contribution in [0.4, 0.5) is 0 Å². The van der Waals surface area contributed by atoms with Crippen molar-refractivity contribution in [2.45, 2.75) is 19.5 Å². The van der Waals surface area contributed by atoms with E-state index in [2.05, 4.69) is 23.3 Å². The number of pyridine rings is 1. The lowest BCUT2D eigenvalue weighted by molar-refractivity contribution is 0.355. The Morgan fingerprint density at radius 1 is 0.829 bits per heavy atom. The van der Waals surface area contributed by atoms with Gasteiger partial charge in [-0.1, -0.05) is 12.1 Å². The van der Waals surface area contributed by atoms with Gasteiger partial charge in [-0.3, -0.25) is 0 Å². The lowest BCUT2D eigenvalue weighted by atomic mass is 10.0. The van der Waals surface area contributed by atoms with Crippen molar-refractivity contribution >= 4 is 21.9 Å². The second-order valence-electron chi connectivity index (χ2n) is 8.37. The van der Waals surface area contributed by atoms with Crippen molar-refractivity contribution in [2.75, 3.05) is 21.3 Å². The molecule has 7 heteroatoms. The Balaban J connectivity index is 1.52. The number of aromatic amines is 1. The van der Waals surface area contributed by atoms with Crippen molar-refractivity contribution in [3.63, 3.8) is 0 Å². The van der Waals surface area contributed by atoms with Gasteiger partial charge in [-0.05, 0) is 61.0 Å². The molecule has 0 saturated carbocycles. The van der Waals surface area contributed by atoms with Gasteiger partial charge in [0.05, 0.1) is 49.6 Å². The van der Waals surface area contributed by atoms with Crippen LogP contribution in [0.1, 0.15) is 24.4 Å². The maximum absolute atomic E-state index is 5.55. The average molecular weight is 469 g/mol. The summed E-state index contributed by atoms with van der Waals surface area (Å²) in [6.45, 7) is 2.71. The molecule has 2 aromatic heterocycles. The number of nitrogens with one attached hydrogen (secondary N) is 2. The fraction of sp³-hybridized carbons (Fsp3) is 0.214. The van der Waals surface area contributed by atoms with E-state index in [0.717, 1.165) is 50.3 Å². The number of aromatic nitrogens is 3. The summed E-state index contributed by atoms with van der Waals surface area (Å²) in [5.41, 5.74) is 5.74. The maximum Gasteiger partial charge on any atom is 0.161 e. The molecule has 0 saturated heterocycles. The van der Waals surface area contributed by atoms with Gasteiger partial charge in [-0.2, -0.15) is 0 Å². The van der Waals surface area contributed by atoms with Crippen LogP contribution in [0.25, 0.3) is 33.2 Å². The van der Waals surface area contributed by atoms with Crippen molar-refractivity contribution in [3.8, 4) is 28.5 Å². The van der Waals surface area contributed by atoms with Crippen LogP contribution in [0, 0.1) is 0 Å². The molecule has 0 aliphatic carbocycles. The van der Waals surface area contributed by atoms with Crippen LogP contribution < -0.4 is 19.5 Å². The van der Waals surface area contributed by atoms with E-state index >= 15 is 0 Å². The van der Waals surface area contributed by atoms with Crippen molar-refractivity contribution in [1.82, 2.24) is 20.3 Å². The molecule has 178 valence electrons. The first-order valence-electron chi connectivity index (χ1n) is 11.5. The number of hydrogen-bond acceptors (Lipinski definition) is 6. The summed E-state index contributed by atoms with van der Waals surface area (Å²) < 4.78 is 16.4. The van der Waals surface area contributed by atoms with Crippen molar-refractivity contribution in [1.29, 1.82) is 0 Å². The largest absolute Gasteiger partial charge is 0.497 e. The second kappa shape index (κ2) is 9.64. The van der Waals surface area contributed by atoms with Crippen LogP contribution in [0.15, 0.2) is 66.7 Å². The number of hydrogen-bond donors (Lipinski definition) is 2. The van der Waals surface area contributed by atoms with Crippen molar-refractivity contribution < 1.29 is 14.2 Å². The first-order valence-corrected chi connectivity index (χ1v) is 11.5. The number of rotatable bonds is 8. The number of H-pyrrole nitrogens is 1. The molecule has 0 bridgehead atoms. The molecule has 5 rings (SSSR count). The van der Waals surface area contributed by atoms with Crippen molar-refractivity contribution in [2.24, 2.45) is 0 Å². The van der Waals surface area contributed by atoms with Crippen LogP contribution in [0.2, 0.25) is 0 Å². The highest BCUT2D eigenvalue weighted by atomic mass is 16.5. The Morgan fingerprint density at radius 2 is 1.66 bits per heavy atom. The average Bonchev–Trinajstić information content (AvgIpc) is 3.35. The van der Waals surface area contributed by atoms with Gasteiger partial charge < -0.3 is 24.5 Å². The zero-order valence-corrected chi connectivity index (χ0v) is 20.3. The minimum atomic E-state index is 0.0206. The number of ether oxygens (including phenoxy) is 3. The quantitative estimate of drug-likeness (QED) is 0.306. The van der Waals surface area contributed by atoms with E-state index in [1.807, 2.05) is 60.7 Å². The van der Waals surface area contributed by atoms with Crippen LogP contribution in [-0.4, -0.2) is 36.3 Å². The Labute approximate surface area is 204 Å². The molecule has 0 amide bonds. The molecule has 0 radical (unpaired) electrons. The number of methoxy groups -OCH3 is 3. The van der Waals surface area contributed by atoms with E-state index in [1.54, 1.807) is 21.3 Å². The van der Waals surface area contributed by atoms with E-state index in [9.17, 15) is 0 Å². The summed E-state index contributed by atoms with van der Waals surface area (Å²) >= 11 is 0. The Morgan fingerprint density at radius 3 is 2.43 bits per heavy atom. The molecule has 0 aliphatic rings. The van der Waals surface area contributed by atoms with E-state index in [4.69, 9.17) is 24.2 Å². The minimum Gasteiger partial charge on any atom is -0.497 e. The third-order valence-electron chi connectivity index (χ3n) is 6.18. The van der Waals surface area contributed by atoms with Gasteiger partial charge in [0.1, 0.15) is 11.6 Å². The molecule has 0 fully saturated rings. The van der Waals surface area contributed by atoms with Crippen molar-refractivity contribution in [3.05, 3.63) is 78.1 Å². The summed E-state index contributed by atoms with van der Waals surface area (Å²) in [5, 5.41) is 4.65. The highest BCUT2D eigenvalue weighted by Crippen LogP contribution is 2.34. The summed E-state index contributed by atoms with van der Waals surface area (Å²) in [6.07, 6.45) is 0. The molecule has 7 nitrogen and oxygen atoms in total. The van der Waals surface area contributed by atoms with Gasteiger partial charge in [0.25, 0.3) is 0 Å². The molecule has 1 atom stereocenters. The van der Waals surface area contributed by atoms with Gasteiger partial charge in [0, 0.05) is 23.6 Å². The molecule has 2 heterocycles. The van der Waals surface area contributed by atoms with Gasteiger partial charge in [-0.25, -0.2) is 9.97 Å². The standard InChI is InChI=1S/C28H28N4O3/c1-17(28-31-22-7-5-6-8-23(22)32-28)29-16-20-13-18-9-11-21(33-2)15-24(18)30-27(20)19-10-12-25(34-3)26(14-19)35-4/h5-15,17,29H,16H2,1-4H3,(H,31,32). The zero-order chi connectivity index (χ0) is 24.4. The second-order valence-corrected chi connectivity index (χ2v) is 8.37. The van der Waals surface area contributed by atoms with E-state index in [1.165, 1.54) is 0 Å². The monoisotopic (exact) mass is 468 g/mol. The first-order chi connectivity index (χ1) is 17.1. The smallest absolute Gasteiger partial charge is 0.161 e.